The first-order valence-electron chi connectivity index (χ1n) is 5.29. The summed E-state index contributed by atoms with van der Waals surface area (Å²) in [5, 5.41) is 7.00. The van der Waals surface area contributed by atoms with Gasteiger partial charge in [-0.15, -0.1) is 0 Å². The lowest BCUT2D eigenvalue weighted by molar-refractivity contribution is -0.130. The number of rotatable bonds is 2. The third-order valence-corrected chi connectivity index (χ3v) is 2.26. The number of carbonyl (C=O) groups excluding carboxylic acids is 1. The van der Waals surface area contributed by atoms with E-state index in [0.717, 1.165) is 26.5 Å². The van der Waals surface area contributed by atoms with Crippen LogP contribution in [-0.4, -0.2) is 42.2 Å². The fraction of sp³-hybridized carbons (Fsp3) is 0.900. The molecule has 0 radical (unpaired) electrons. The average molecular weight is 237 g/mol. The Kier molecular flexibility index (Phi) is 13.7. The Hall–Kier alpha value is -0.180. The predicted molar refractivity (Wildman–Crippen MR) is 65.6 cm³/mol. The highest BCUT2D eigenvalue weighted by Gasteiger charge is 2.25. The minimum Gasteiger partial charge on any atom is -0.400 e. The molecule has 1 aliphatic heterocycles. The van der Waals surface area contributed by atoms with E-state index in [4.69, 9.17) is 9.63 Å². The van der Waals surface area contributed by atoms with Gasteiger partial charge < -0.3 is 14.5 Å². The molecule has 1 aliphatic rings. The summed E-state index contributed by atoms with van der Waals surface area (Å²) in [6.45, 7) is 7.15. The predicted octanol–water partition coefficient (Wildman–Crippen LogP) is 1.44. The lowest BCUT2D eigenvalue weighted by Gasteiger charge is -2.21. The maximum atomic E-state index is 11.0. The minimum atomic E-state index is 0.162. The van der Waals surface area contributed by atoms with Crippen LogP contribution in [0.1, 0.15) is 33.6 Å². The molecule has 0 aromatic rings. The fourth-order valence-electron chi connectivity index (χ4n) is 1.53. The number of nitrogens with zero attached hydrogens (tertiary/aromatic N) is 1. The van der Waals surface area contributed by atoms with Gasteiger partial charge in [0.2, 0.25) is 5.91 Å². The first kappa shape index (κ1) is 17.2. The van der Waals surface area contributed by atoms with Gasteiger partial charge in [-0.05, 0) is 12.8 Å². The first-order chi connectivity index (χ1) is 7.25. The second kappa shape index (κ2) is 11.9. The number of aliphatic hydroxyl groups excluding tert-OH is 1. The van der Waals surface area contributed by atoms with E-state index in [0.29, 0.717) is 12.6 Å². The number of hydrogen-bond acceptors (Lipinski definition) is 3. The van der Waals surface area contributed by atoms with Crippen molar-refractivity contribution in [2.24, 2.45) is 0 Å². The first-order valence-corrected chi connectivity index (χ1v) is 5.76. The van der Waals surface area contributed by atoms with E-state index in [1.807, 2.05) is 18.7 Å². The highest BCUT2D eigenvalue weighted by Crippen LogP contribution is 2.17. The lowest BCUT2D eigenvalue weighted by atomic mass is 10.2. The van der Waals surface area contributed by atoms with Gasteiger partial charge in [0.05, 0.1) is 12.6 Å². The van der Waals surface area contributed by atoms with Crippen molar-refractivity contribution in [3.05, 3.63) is 0 Å². The van der Waals surface area contributed by atoms with Crippen molar-refractivity contribution < 1.29 is 14.4 Å². The van der Waals surface area contributed by atoms with Crippen molar-refractivity contribution in [3.8, 4) is 0 Å². The smallest absolute Gasteiger partial charge is 0.219 e. The van der Waals surface area contributed by atoms with Gasteiger partial charge in [0.1, 0.15) is 0 Å². The number of amides is 1. The van der Waals surface area contributed by atoms with Gasteiger partial charge in [-0.1, -0.05) is 13.8 Å². The van der Waals surface area contributed by atoms with Crippen molar-refractivity contribution >= 4 is 15.4 Å². The summed E-state index contributed by atoms with van der Waals surface area (Å²) in [6.07, 6.45) is 2.19. The Morgan fingerprint density at radius 1 is 1.53 bits per heavy atom. The molecule has 0 aromatic heterocycles. The SMILES string of the molecule is CC.CC(=O)N1CCCC1COP.CO. The van der Waals surface area contributed by atoms with Crippen LogP contribution in [0.15, 0.2) is 0 Å². The molecule has 4 nitrogen and oxygen atoms in total. The minimum absolute atomic E-state index is 0.162. The van der Waals surface area contributed by atoms with Crippen molar-refractivity contribution in [2.75, 3.05) is 20.3 Å². The van der Waals surface area contributed by atoms with Crippen molar-refractivity contribution in [1.82, 2.24) is 4.90 Å². The molecule has 1 amide bonds. The molecule has 1 heterocycles. The van der Waals surface area contributed by atoms with Crippen molar-refractivity contribution in [1.29, 1.82) is 0 Å². The Morgan fingerprint density at radius 3 is 2.47 bits per heavy atom. The molecule has 5 heteroatoms. The number of aliphatic hydroxyl groups is 1. The quantitative estimate of drug-likeness (QED) is 0.739. The summed E-state index contributed by atoms with van der Waals surface area (Å²) >= 11 is 0. The summed E-state index contributed by atoms with van der Waals surface area (Å²) in [4.78, 5) is 12.9. The molecule has 0 saturated carbocycles. The van der Waals surface area contributed by atoms with Gasteiger partial charge in [-0.25, -0.2) is 0 Å². The molecule has 2 atom stereocenters. The number of hydrogen-bond donors (Lipinski definition) is 1. The zero-order valence-electron chi connectivity index (χ0n) is 10.2. The monoisotopic (exact) mass is 237 g/mol. The molecular weight excluding hydrogens is 213 g/mol. The standard InChI is InChI=1S/C7H14NO2P.C2H6.CH4O/c1-6(9)8-4-2-3-7(8)5-10-11;2*1-2/h7H,2-5,11H2,1H3;1-2H3;2H,1H3. The molecule has 1 saturated heterocycles. The Morgan fingerprint density at radius 2 is 2.07 bits per heavy atom. The zero-order chi connectivity index (χ0) is 12.3. The van der Waals surface area contributed by atoms with Gasteiger partial charge in [0, 0.05) is 30.0 Å². The molecule has 1 rings (SSSR count). The molecule has 0 bridgehead atoms. The second-order valence-corrected chi connectivity index (χ2v) is 3.18. The van der Waals surface area contributed by atoms with Gasteiger partial charge in [-0.3, -0.25) is 4.79 Å². The molecule has 2 unspecified atom stereocenters. The van der Waals surface area contributed by atoms with Crippen LogP contribution >= 0.6 is 9.47 Å². The largest absolute Gasteiger partial charge is 0.400 e. The van der Waals surface area contributed by atoms with E-state index in [-0.39, 0.29) is 5.91 Å². The van der Waals surface area contributed by atoms with Crippen LogP contribution in [-0.2, 0) is 9.32 Å². The Labute approximate surface area is 95.3 Å². The normalized spacial score (nSPS) is 18.5. The molecule has 0 spiro atoms. The molecule has 1 N–H and O–H groups in total. The Bertz CT molecular complexity index is 156. The maximum absolute atomic E-state index is 11.0. The summed E-state index contributed by atoms with van der Waals surface area (Å²) in [7, 11) is 3.22. The molecule has 15 heavy (non-hydrogen) atoms. The summed E-state index contributed by atoms with van der Waals surface area (Å²) in [6, 6.07) is 0.310. The summed E-state index contributed by atoms with van der Waals surface area (Å²) in [5.74, 6) is 0.162. The van der Waals surface area contributed by atoms with Gasteiger partial charge in [0.25, 0.3) is 0 Å². The molecule has 0 aromatic carbocycles. The van der Waals surface area contributed by atoms with Crippen LogP contribution in [0.25, 0.3) is 0 Å². The van der Waals surface area contributed by atoms with Crippen molar-refractivity contribution in [3.63, 3.8) is 0 Å². The van der Waals surface area contributed by atoms with E-state index in [9.17, 15) is 4.79 Å². The molecular formula is C10H24NO3P. The highest BCUT2D eigenvalue weighted by atomic mass is 31.0. The molecule has 1 fully saturated rings. The number of likely N-dealkylation sites (tertiary alicyclic amines) is 1. The fourth-order valence-corrected chi connectivity index (χ4v) is 1.76. The van der Waals surface area contributed by atoms with E-state index < -0.39 is 0 Å². The maximum Gasteiger partial charge on any atom is 0.219 e. The Balaban J connectivity index is 0. The lowest BCUT2D eigenvalue weighted by Crippen LogP contribution is -2.35. The highest BCUT2D eigenvalue weighted by molar-refractivity contribution is 7.09. The summed E-state index contributed by atoms with van der Waals surface area (Å²) in [5.41, 5.74) is 0. The van der Waals surface area contributed by atoms with E-state index in [1.54, 1.807) is 6.92 Å². The topological polar surface area (TPSA) is 49.8 Å². The zero-order valence-corrected chi connectivity index (χ0v) is 11.3. The molecule has 92 valence electrons. The van der Waals surface area contributed by atoms with E-state index in [2.05, 4.69) is 9.47 Å². The third-order valence-electron chi connectivity index (χ3n) is 2.07. The van der Waals surface area contributed by atoms with Gasteiger partial charge >= 0.3 is 0 Å². The summed E-state index contributed by atoms with van der Waals surface area (Å²) < 4.78 is 4.93. The van der Waals surface area contributed by atoms with Gasteiger partial charge in [0.15, 0.2) is 0 Å². The van der Waals surface area contributed by atoms with Crippen LogP contribution in [0.3, 0.4) is 0 Å². The van der Waals surface area contributed by atoms with E-state index >= 15 is 0 Å². The van der Waals surface area contributed by atoms with Crippen molar-refractivity contribution in [2.45, 2.75) is 39.7 Å². The second-order valence-electron chi connectivity index (χ2n) is 2.84. The third kappa shape index (κ3) is 6.82. The van der Waals surface area contributed by atoms with Crippen LogP contribution in [0.2, 0.25) is 0 Å². The van der Waals surface area contributed by atoms with Crippen LogP contribution in [0, 0.1) is 0 Å². The van der Waals surface area contributed by atoms with Crippen LogP contribution in [0.5, 0.6) is 0 Å². The van der Waals surface area contributed by atoms with Crippen LogP contribution in [0.4, 0.5) is 0 Å². The van der Waals surface area contributed by atoms with Gasteiger partial charge in [-0.2, -0.15) is 0 Å². The van der Waals surface area contributed by atoms with E-state index in [1.165, 1.54) is 0 Å². The molecule has 0 aliphatic carbocycles. The van der Waals surface area contributed by atoms with Crippen LogP contribution < -0.4 is 0 Å². The number of carbonyl (C=O) groups is 1. The average Bonchev–Trinajstić information content (AvgIpc) is 2.73.